The number of nitrogens with zero attached hydrogens (tertiary/aromatic N) is 1. The van der Waals surface area contributed by atoms with Crippen LogP contribution in [-0.2, 0) is 0 Å². The van der Waals surface area contributed by atoms with Crippen molar-refractivity contribution in [2.45, 2.75) is 20.3 Å². The fourth-order valence-electron chi connectivity index (χ4n) is 1.72. The summed E-state index contributed by atoms with van der Waals surface area (Å²) in [4.78, 5) is 0. The lowest BCUT2D eigenvalue weighted by molar-refractivity contribution is 0.149. The maximum atomic E-state index is 9.38. The summed E-state index contributed by atoms with van der Waals surface area (Å²) in [6.45, 7) is 5.11. The van der Waals surface area contributed by atoms with E-state index in [1.165, 1.54) is 0 Å². The van der Waals surface area contributed by atoms with Gasteiger partial charge in [0, 0.05) is 17.3 Å². The van der Waals surface area contributed by atoms with E-state index in [4.69, 9.17) is 0 Å². The zero-order valence-electron chi connectivity index (χ0n) is 10.3. The molecule has 0 saturated carbocycles. The van der Waals surface area contributed by atoms with Crippen LogP contribution in [0.1, 0.15) is 20.3 Å². The van der Waals surface area contributed by atoms with E-state index in [1.807, 2.05) is 24.4 Å². The Kier molecular flexibility index (Phi) is 3.33. The van der Waals surface area contributed by atoms with Gasteiger partial charge in [0.15, 0.2) is 0 Å². The second-order valence-electron chi connectivity index (χ2n) is 4.82. The van der Waals surface area contributed by atoms with Gasteiger partial charge in [-0.2, -0.15) is 5.10 Å². The van der Waals surface area contributed by atoms with Crippen LogP contribution >= 0.6 is 0 Å². The van der Waals surface area contributed by atoms with Gasteiger partial charge in [0.25, 0.3) is 0 Å². The zero-order valence-corrected chi connectivity index (χ0v) is 10.3. The molecule has 2 aromatic rings. The topological polar surface area (TPSA) is 60.9 Å². The molecule has 0 aliphatic carbocycles. The molecule has 0 spiro atoms. The molecule has 3 N–H and O–H groups in total. The van der Waals surface area contributed by atoms with E-state index < -0.39 is 0 Å². The van der Waals surface area contributed by atoms with Crippen molar-refractivity contribution in [3.8, 4) is 0 Å². The van der Waals surface area contributed by atoms with Crippen molar-refractivity contribution in [2.24, 2.45) is 5.41 Å². The fourth-order valence-corrected chi connectivity index (χ4v) is 1.72. The summed E-state index contributed by atoms with van der Waals surface area (Å²) in [6, 6.07) is 6.05. The largest absolute Gasteiger partial charge is 0.396 e. The minimum Gasteiger partial charge on any atom is -0.396 e. The van der Waals surface area contributed by atoms with Crippen molar-refractivity contribution in [2.75, 3.05) is 18.5 Å². The van der Waals surface area contributed by atoms with E-state index in [2.05, 4.69) is 29.4 Å². The Bertz CT molecular complexity index is 488. The number of aliphatic hydroxyl groups excluding tert-OH is 1. The molecule has 4 heteroatoms. The molecule has 92 valence electrons. The second-order valence-corrected chi connectivity index (χ2v) is 4.82. The number of hydrogen-bond acceptors (Lipinski definition) is 3. The van der Waals surface area contributed by atoms with E-state index in [9.17, 15) is 5.11 Å². The van der Waals surface area contributed by atoms with Gasteiger partial charge in [-0.05, 0) is 12.5 Å². The van der Waals surface area contributed by atoms with E-state index in [1.54, 1.807) is 0 Å². The summed E-state index contributed by atoms with van der Waals surface area (Å²) in [5, 5.41) is 20.9. The molecule has 0 fully saturated rings. The van der Waals surface area contributed by atoms with Gasteiger partial charge < -0.3 is 10.4 Å². The third-order valence-electron chi connectivity index (χ3n) is 3.42. The van der Waals surface area contributed by atoms with Gasteiger partial charge in [0.05, 0.1) is 24.0 Å². The van der Waals surface area contributed by atoms with Crippen molar-refractivity contribution >= 4 is 16.6 Å². The number of H-pyrrole nitrogens is 1. The molecule has 1 heterocycles. The standard InChI is InChI=1S/C13H19N3O/c1-3-13(2,9-17)8-14-11-6-4-5-10-7-15-16-12(10)11/h4-7,14,17H,3,8-9H2,1-2H3,(H,15,16). The molecule has 4 nitrogen and oxygen atoms in total. The van der Waals surface area contributed by atoms with Crippen LogP contribution < -0.4 is 5.32 Å². The third-order valence-corrected chi connectivity index (χ3v) is 3.42. The number of rotatable bonds is 5. The Morgan fingerprint density at radius 2 is 2.29 bits per heavy atom. The van der Waals surface area contributed by atoms with E-state index in [-0.39, 0.29) is 12.0 Å². The Morgan fingerprint density at radius 1 is 1.47 bits per heavy atom. The lowest BCUT2D eigenvalue weighted by Gasteiger charge is -2.26. The van der Waals surface area contributed by atoms with Crippen molar-refractivity contribution in [1.82, 2.24) is 10.2 Å². The summed E-state index contributed by atoms with van der Waals surface area (Å²) in [5.41, 5.74) is 1.97. The van der Waals surface area contributed by atoms with E-state index in [0.717, 1.165) is 29.6 Å². The van der Waals surface area contributed by atoms with Crippen LogP contribution in [0.25, 0.3) is 10.9 Å². The average molecular weight is 233 g/mol. The monoisotopic (exact) mass is 233 g/mol. The molecule has 1 atom stereocenters. The van der Waals surface area contributed by atoms with Gasteiger partial charge >= 0.3 is 0 Å². The fraction of sp³-hybridized carbons (Fsp3) is 0.462. The molecule has 2 rings (SSSR count). The number of aromatic nitrogens is 2. The first-order valence-electron chi connectivity index (χ1n) is 5.95. The SMILES string of the molecule is CCC(C)(CO)CNc1cccc2cn[nH]c12. The molecule has 0 aliphatic heterocycles. The molecule has 1 aromatic heterocycles. The first-order chi connectivity index (χ1) is 8.18. The normalized spacial score (nSPS) is 14.8. The van der Waals surface area contributed by atoms with Gasteiger partial charge in [-0.15, -0.1) is 0 Å². The summed E-state index contributed by atoms with van der Waals surface area (Å²) >= 11 is 0. The smallest absolute Gasteiger partial charge is 0.0881 e. The molecule has 0 amide bonds. The predicted octanol–water partition coefficient (Wildman–Crippen LogP) is 2.38. The van der Waals surface area contributed by atoms with Gasteiger partial charge in [0.1, 0.15) is 0 Å². The van der Waals surface area contributed by atoms with Crippen molar-refractivity contribution in [3.63, 3.8) is 0 Å². The minimum atomic E-state index is -0.0812. The molecule has 0 saturated heterocycles. The number of hydrogen-bond donors (Lipinski definition) is 3. The Morgan fingerprint density at radius 3 is 3.00 bits per heavy atom. The second kappa shape index (κ2) is 4.75. The number of benzene rings is 1. The minimum absolute atomic E-state index is 0.0812. The Hall–Kier alpha value is -1.55. The number of nitrogens with one attached hydrogen (secondary N) is 2. The lowest BCUT2D eigenvalue weighted by Crippen LogP contribution is -2.29. The molecule has 1 aromatic carbocycles. The highest BCUT2D eigenvalue weighted by atomic mass is 16.3. The molecular formula is C13H19N3O. The van der Waals surface area contributed by atoms with Crippen molar-refractivity contribution < 1.29 is 5.11 Å². The maximum absolute atomic E-state index is 9.38. The molecule has 0 bridgehead atoms. The molecule has 17 heavy (non-hydrogen) atoms. The number of para-hydroxylation sites is 1. The van der Waals surface area contributed by atoms with Gasteiger partial charge in [-0.25, -0.2) is 0 Å². The highest BCUT2D eigenvalue weighted by Crippen LogP contribution is 2.24. The van der Waals surface area contributed by atoms with Gasteiger partial charge in [-0.3, -0.25) is 5.10 Å². The number of aliphatic hydroxyl groups is 1. The first kappa shape index (κ1) is 11.9. The highest BCUT2D eigenvalue weighted by molar-refractivity contribution is 5.89. The first-order valence-corrected chi connectivity index (χ1v) is 5.95. The van der Waals surface area contributed by atoms with Gasteiger partial charge in [0.2, 0.25) is 0 Å². The molecule has 1 unspecified atom stereocenters. The van der Waals surface area contributed by atoms with Gasteiger partial charge in [-0.1, -0.05) is 26.0 Å². The number of fused-ring (bicyclic) bond motifs is 1. The van der Waals surface area contributed by atoms with Crippen LogP contribution in [0.15, 0.2) is 24.4 Å². The number of aromatic amines is 1. The molecule has 0 radical (unpaired) electrons. The van der Waals surface area contributed by atoms with Crippen LogP contribution in [0.2, 0.25) is 0 Å². The average Bonchev–Trinajstić information content (AvgIpc) is 2.84. The van der Waals surface area contributed by atoms with Crippen molar-refractivity contribution in [1.29, 1.82) is 0 Å². The van der Waals surface area contributed by atoms with Crippen LogP contribution in [0.4, 0.5) is 5.69 Å². The number of anilines is 1. The Balaban J connectivity index is 2.16. The lowest BCUT2D eigenvalue weighted by atomic mass is 9.88. The van der Waals surface area contributed by atoms with Crippen LogP contribution in [-0.4, -0.2) is 28.5 Å². The Labute approximate surface area is 101 Å². The van der Waals surface area contributed by atoms with E-state index >= 15 is 0 Å². The highest BCUT2D eigenvalue weighted by Gasteiger charge is 2.20. The van der Waals surface area contributed by atoms with E-state index in [0.29, 0.717) is 0 Å². The zero-order chi connectivity index (χ0) is 12.3. The maximum Gasteiger partial charge on any atom is 0.0881 e. The molecule has 0 aliphatic rings. The molecular weight excluding hydrogens is 214 g/mol. The summed E-state index contributed by atoms with van der Waals surface area (Å²) in [5.74, 6) is 0. The summed E-state index contributed by atoms with van der Waals surface area (Å²) in [7, 11) is 0. The third kappa shape index (κ3) is 2.42. The van der Waals surface area contributed by atoms with Crippen molar-refractivity contribution in [3.05, 3.63) is 24.4 Å². The van der Waals surface area contributed by atoms with Crippen LogP contribution in [0.5, 0.6) is 0 Å². The summed E-state index contributed by atoms with van der Waals surface area (Å²) in [6.07, 6.45) is 2.75. The van der Waals surface area contributed by atoms with Crippen LogP contribution in [0.3, 0.4) is 0 Å². The van der Waals surface area contributed by atoms with Crippen LogP contribution in [0, 0.1) is 5.41 Å². The summed E-state index contributed by atoms with van der Waals surface area (Å²) < 4.78 is 0. The quantitative estimate of drug-likeness (QED) is 0.743. The predicted molar refractivity (Wildman–Crippen MR) is 70.1 cm³/mol.